The molecule has 0 bridgehead atoms. The summed E-state index contributed by atoms with van der Waals surface area (Å²) < 4.78 is 13.8. The number of anilines is 2. The molecule has 2 aromatic rings. The molecule has 2 aromatic carbocycles. The summed E-state index contributed by atoms with van der Waals surface area (Å²) in [4.78, 5) is 11.3. The van der Waals surface area contributed by atoms with Crippen molar-refractivity contribution in [2.75, 3.05) is 10.6 Å². The maximum absolute atomic E-state index is 13.8. The fourth-order valence-electron chi connectivity index (χ4n) is 2.26. The molecule has 2 N–H and O–H groups in total. The van der Waals surface area contributed by atoms with Crippen LogP contribution in [0.1, 0.15) is 11.1 Å². The molecule has 0 fully saturated rings. The zero-order chi connectivity index (χ0) is 15.0. The second kappa shape index (κ2) is 5.54. The SMILES string of the molecule is O=C1Cc2cc(NCc3cccc(Cl)c3F)c(Cl)cc2N1. The van der Waals surface area contributed by atoms with E-state index in [1.807, 2.05) is 0 Å². The standard InChI is InChI=1S/C15H11Cl2FN2O/c16-10-3-1-2-8(15(10)18)7-19-13-4-9-5-14(21)20-12(9)6-11(13)17/h1-4,6,19H,5,7H2,(H,20,21). The monoisotopic (exact) mass is 324 g/mol. The van der Waals surface area contributed by atoms with Crippen molar-refractivity contribution in [3.05, 3.63) is 57.3 Å². The second-order valence-corrected chi connectivity index (χ2v) is 5.60. The van der Waals surface area contributed by atoms with Crippen molar-refractivity contribution in [1.82, 2.24) is 0 Å². The first kappa shape index (κ1) is 14.2. The van der Waals surface area contributed by atoms with E-state index in [2.05, 4.69) is 10.6 Å². The third-order valence-corrected chi connectivity index (χ3v) is 3.92. The summed E-state index contributed by atoms with van der Waals surface area (Å²) in [5, 5.41) is 6.36. The van der Waals surface area contributed by atoms with E-state index in [0.717, 1.165) is 11.3 Å². The molecular formula is C15H11Cl2FN2O. The number of rotatable bonds is 3. The predicted octanol–water partition coefficient (Wildman–Crippen LogP) is 4.24. The number of hydrogen-bond acceptors (Lipinski definition) is 2. The predicted molar refractivity (Wildman–Crippen MR) is 82.5 cm³/mol. The largest absolute Gasteiger partial charge is 0.380 e. The molecule has 3 nitrogen and oxygen atoms in total. The Bertz CT molecular complexity index is 734. The first-order valence-electron chi connectivity index (χ1n) is 6.33. The summed E-state index contributed by atoms with van der Waals surface area (Å²) >= 11 is 11.9. The zero-order valence-electron chi connectivity index (χ0n) is 10.8. The van der Waals surface area contributed by atoms with Crippen LogP contribution < -0.4 is 10.6 Å². The highest BCUT2D eigenvalue weighted by Crippen LogP contribution is 2.33. The molecule has 1 aliphatic rings. The molecule has 6 heteroatoms. The Kier molecular flexibility index (Phi) is 3.74. The molecule has 1 amide bonds. The van der Waals surface area contributed by atoms with E-state index in [9.17, 15) is 9.18 Å². The van der Waals surface area contributed by atoms with Gasteiger partial charge in [0.2, 0.25) is 5.91 Å². The maximum atomic E-state index is 13.8. The summed E-state index contributed by atoms with van der Waals surface area (Å²) in [6, 6.07) is 8.34. The van der Waals surface area contributed by atoms with Gasteiger partial charge in [0, 0.05) is 17.8 Å². The molecule has 1 aliphatic heterocycles. The molecular weight excluding hydrogens is 314 g/mol. The molecule has 21 heavy (non-hydrogen) atoms. The van der Waals surface area contributed by atoms with Gasteiger partial charge in [-0.1, -0.05) is 35.3 Å². The van der Waals surface area contributed by atoms with Crippen LogP contribution in [0.3, 0.4) is 0 Å². The summed E-state index contributed by atoms with van der Waals surface area (Å²) in [6.07, 6.45) is 0.326. The van der Waals surface area contributed by atoms with Gasteiger partial charge in [0.15, 0.2) is 0 Å². The van der Waals surface area contributed by atoms with Gasteiger partial charge in [-0.05, 0) is 23.8 Å². The Morgan fingerprint density at radius 3 is 2.86 bits per heavy atom. The summed E-state index contributed by atoms with van der Waals surface area (Å²) in [5.74, 6) is -0.500. The Hall–Kier alpha value is -1.78. The number of benzene rings is 2. The molecule has 3 rings (SSSR count). The van der Waals surface area contributed by atoms with Gasteiger partial charge in [0.1, 0.15) is 5.82 Å². The van der Waals surface area contributed by atoms with Crippen LogP contribution in [0.25, 0.3) is 0 Å². The highest BCUT2D eigenvalue weighted by atomic mass is 35.5. The van der Waals surface area contributed by atoms with Crippen LogP contribution in [-0.4, -0.2) is 5.91 Å². The number of amides is 1. The molecule has 0 aromatic heterocycles. The lowest BCUT2D eigenvalue weighted by molar-refractivity contribution is -0.115. The molecule has 0 unspecified atom stereocenters. The van der Waals surface area contributed by atoms with Gasteiger partial charge < -0.3 is 10.6 Å². The van der Waals surface area contributed by atoms with Gasteiger partial charge >= 0.3 is 0 Å². The third-order valence-electron chi connectivity index (χ3n) is 3.32. The molecule has 0 aliphatic carbocycles. The average Bonchev–Trinajstić information content (AvgIpc) is 2.79. The lowest BCUT2D eigenvalue weighted by Gasteiger charge is -2.11. The number of fused-ring (bicyclic) bond motifs is 1. The molecule has 0 radical (unpaired) electrons. The molecule has 0 saturated heterocycles. The quantitative estimate of drug-likeness (QED) is 0.886. The van der Waals surface area contributed by atoms with E-state index >= 15 is 0 Å². The Morgan fingerprint density at radius 2 is 2.05 bits per heavy atom. The highest BCUT2D eigenvalue weighted by molar-refractivity contribution is 6.33. The van der Waals surface area contributed by atoms with Crippen LogP contribution in [0.15, 0.2) is 30.3 Å². The molecule has 0 atom stereocenters. The topological polar surface area (TPSA) is 41.1 Å². The molecule has 0 saturated carbocycles. The van der Waals surface area contributed by atoms with Gasteiger partial charge in [-0.3, -0.25) is 4.79 Å². The van der Waals surface area contributed by atoms with E-state index in [4.69, 9.17) is 23.2 Å². The van der Waals surface area contributed by atoms with Crippen molar-refractivity contribution < 1.29 is 9.18 Å². The molecule has 1 heterocycles. The van der Waals surface area contributed by atoms with Crippen molar-refractivity contribution in [2.45, 2.75) is 13.0 Å². The number of nitrogens with one attached hydrogen (secondary N) is 2. The van der Waals surface area contributed by atoms with Crippen LogP contribution in [0.5, 0.6) is 0 Å². The lowest BCUT2D eigenvalue weighted by Crippen LogP contribution is -2.03. The minimum Gasteiger partial charge on any atom is -0.380 e. The van der Waals surface area contributed by atoms with Crippen LogP contribution in [0.2, 0.25) is 10.0 Å². The van der Waals surface area contributed by atoms with E-state index in [-0.39, 0.29) is 17.5 Å². The minimum atomic E-state index is -0.444. The lowest BCUT2D eigenvalue weighted by atomic mass is 10.1. The smallest absolute Gasteiger partial charge is 0.228 e. The third kappa shape index (κ3) is 2.82. The van der Waals surface area contributed by atoms with Crippen molar-refractivity contribution >= 4 is 40.5 Å². The normalized spacial score (nSPS) is 13.0. The van der Waals surface area contributed by atoms with Crippen molar-refractivity contribution in [3.63, 3.8) is 0 Å². The number of carbonyl (C=O) groups is 1. The number of carbonyl (C=O) groups excluding carboxylic acids is 1. The van der Waals surface area contributed by atoms with Gasteiger partial charge in [-0.2, -0.15) is 0 Å². The second-order valence-electron chi connectivity index (χ2n) is 4.78. The van der Waals surface area contributed by atoms with E-state index in [1.54, 1.807) is 24.3 Å². The fraction of sp³-hybridized carbons (Fsp3) is 0.133. The minimum absolute atomic E-state index is 0.0564. The number of hydrogen-bond donors (Lipinski definition) is 2. The fourth-order valence-corrected chi connectivity index (χ4v) is 2.68. The number of halogens is 3. The van der Waals surface area contributed by atoms with Gasteiger partial charge in [0.25, 0.3) is 0 Å². The first-order chi connectivity index (χ1) is 10.0. The average molecular weight is 325 g/mol. The summed E-state index contributed by atoms with van der Waals surface area (Å²) in [5.41, 5.74) is 2.71. The van der Waals surface area contributed by atoms with E-state index in [0.29, 0.717) is 22.7 Å². The highest BCUT2D eigenvalue weighted by Gasteiger charge is 2.19. The van der Waals surface area contributed by atoms with Crippen LogP contribution in [-0.2, 0) is 17.8 Å². The van der Waals surface area contributed by atoms with E-state index in [1.165, 1.54) is 6.07 Å². The summed E-state index contributed by atoms with van der Waals surface area (Å²) in [6.45, 7) is 0.256. The maximum Gasteiger partial charge on any atom is 0.228 e. The van der Waals surface area contributed by atoms with Crippen LogP contribution in [0, 0.1) is 5.82 Å². The summed E-state index contributed by atoms with van der Waals surface area (Å²) in [7, 11) is 0. The Labute approximate surface area is 131 Å². The Balaban J connectivity index is 1.81. The van der Waals surface area contributed by atoms with Gasteiger partial charge in [0.05, 0.1) is 22.2 Å². The van der Waals surface area contributed by atoms with Crippen molar-refractivity contribution in [3.8, 4) is 0 Å². The van der Waals surface area contributed by atoms with E-state index < -0.39 is 5.82 Å². The zero-order valence-corrected chi connectivity index (χ0v) is 12.4. The first-order valence-corrected chi connectivity index (χ1v) is 7.09. The van der Waals surface area contributed by atoms with Crippen molar-refractivity contribution in [2.24, 2.45) is 0 Å². The van der Waals surface area contributed by atoms with Crippen molar-refractivity contribution in [1.29, 1.82) is 0 Å². The van der Waals surface area contributed by atoms with Crippen LogP contribution in [0.4, 0.5) is 15.8 Å². The van der Waals surface area contributed by atoms with Gasteiger partial charge in [-0.15, -0.1) is 0 Å². The van der Waals surface area contributed by atoms with Gasteiger partial charge in [-0.25, -0.2) is 4.39 Å². The molecule has 108 valence electrons. The Morgan fingerprint density at radius 1 is 1.24 bits per heavy atom. The van der Waals surface area contributed by atoms with Crippen LogP contribution >= 0.6 is 23.2 Å². The molecule has 0 spiro atoms.